The summed E-state index contributed by atoms with van der Waals surface area (Å²) in [5, 5.41) is 0. The van der Waals surface area contributed by atoms with Crippen LogP contribution in [0.1, 0.15) is 80.3 Å². The number of aryl methyl sites for hydroxylation is 1. The highest BCUT2D eigenvalue weighted by molar-refractivity contribution is 5.91. The molecule has 1 saturated carbocycles. The van der Waals surface area contributed by atoms with E-state index < -0.39 is 0 Å². The Kier molecular flexibility index (Phi) is 7.13. The molecule has 0 radical (unpaired) electrons. The number of rotatable bonds is 8. The molecule has 0 amide bonds. The standard InChI is InChI=1S/C31H38O4/c1-4-5-19-33-21(2)34-29-16-15-28-27-13-11-23-20-24(35-30(32)22-9-7-6-8-10-22)12-14-25(23)26(27)17-18-31(28,29)3/h6-10,12,14-16,20-21,26-29H,4-5,11,13,17-19H2,1-3H3/t21?,26-,27-,28+,29+,31+/m1/s1. The predicted molar refractivity (Wildman–Crippen MR) is 138 cm³/mol. The minimum absolute atomic E-state index is 0.117. The Labute approximate surface area is 209 Å². The summed E-state index contributed by atoms with van der Waals surface area (Å²) in [7, 11) is 0. The number of esters is 1. The van der Waals surface area contributed by atoms with Gasteiger partial charge in [-0.05, 0) is 92.2 Å². The van der Waals surface area contributed by atoms with E-state index in [0.29, 0.717) is 29.1 Å². The number of unbranched alkanes of at least 4 members (excludes halogenated alkanes) is 1. The van der Waals surface area contributed by atoms with Gasteiger partial charge in [0, 0.05) is 12.0 Å². The van der Waals surface area contributed by atoms with Gasteiger partial charge in [0.05, 0.1) is 11.7 Å². The molecule has 0 aliphatic heterocycles. The Morgan fingerprint density at radius 1 is 1.11 bits per heavy atom. The molecule has 6 atom stereocenters. The summed E-state index contributed by atoms with van der Waals surface area (Å²) in [6.45, 7) is 7.39. The smallest absolute Gasteiger partial charge is 0.343 e. The first-order valence-electron chi connectivity index (χ1n) is 13.3. The van der Waals surface area contributed by atoms with Crippen LogP contribution in [0.2, 0.25) is 0 Å². The number of hydrogen-bond donors (Lipinski definition) is 0. The lowest BCUT2D eigenvalue weighted by molar-refractivity contribution is -0.182. The molecule has 0 bridgehead atoms. The Morgan fingerprint density at radius 2 is 1.94 bits per heavy atom. The minimum Gasteiger partial charge on any atom is -0.423 e. The first kappa shape index (κ1) is 24.3. The molecule has 0 saturated heterocycles. The Hall–Kier alpha value is -2.43. The number of fused-ring (bicyclic) bond motifs is 5. The van der Waals surface area contributed by atoms with Crippen LogP contribution in [0.3, 0.4) is 0 Å². The molecular formula is C31H38O4. The highest BCUT2D eigenvalue weighted by Gasteiger charge is 2.53. The van der Waals surface area contributed by atoms with Crippen molar-refractivity contribution in [3.05, 3.63) is 77.4 Å². The van der Waals surface area contributed by atoms with Crippen molar-refractivity contribution in [2.45, 2.75) is 77.6 Å². The summed E-state index contributed by atoms with van der Waals surface area (Å²) in [4.78, 5) is 12.5. The SMILES string of the molecule is CCCCOC(C)O[C@H]1C=C[C@H]2[C@@H]3CCc4cc(OC(=O)c5ccccc5)ccc4[C@H]3CC[C@]12C. The summed E-state index contributed by atoms with van der Waals surface area (Å²) in [5.41, 5.74) is 3.48. The van der Waals surface area contributed by atoms with E-state index in [9.17, 15) is 4.79 Å². The van der Waals surface area contributed by atoms with Gasteiger partial charge in [0.2, 0.25) is 0 Å². The summed E-state index contributed by atoms with van der Waals surface area (Å²) >= 11 is 0. The predicted octanol–water partition coefficient (Wildman–Crippen LogP) is 7.09. The van der Waals surface area contributed by atoms with Crippen LogP contribution in [0.4, 0.5) is 0 Å². The zero-order valence-corrected chi connectivity index (χ0v) is 21.2. The number of benzene rings is 2. The van der Waals surface area contributed by atoms with E-state index in [-0.39, 0.29) is 23.8 Å². The van der Waals surface area contributed by atoms with E-state index in [4.69, 9.17) is 14.2 Å². The van der Waals surface area contributed by atoms with Crippen LogP contribution >= 0.6 is 0 Å². The van der Waals surface area contributed by atoms with Crippen LogP contribution in [0.15, 0.2) is 60.7 Å². The third kappa shape index (κ3) is 4.83. The van der Waals surface area contributed by atoms with Crippen LogP contribution < -0.4 is 4.74 Å². The first-order valence-corrected chi connectivity index (χ1v) is 13.3. The van der Waals surface area contributed by atoms with Crippen LogP contribution in [-0.4, -0.2) is 25.0 Å². The van der Waals surface area contributed by atoms with E-state index in [1.165, 1.54) is 17.5 Å². The fraction of sp³-hybridized carbons (Fsp3) is 0.516. The van der Waals surface area contributed by atoms with Crippen molar-refractivity contribution >= 4 is 5.97 Å². The lowest BCUT2D eigenvalue weighted by Crippen LogP contribution is -2.46. The Balaban J connectivity index is 1.26. The fourth-order valence-electron chi connectivity index (χ4n) is 6.61. The van der Waals surface area contributed by atoms with Gasteiger partial charge in [0.25, 0.3) is 0 Å². The lowest BCUT2D eigenvalue weighted by atomic mass is 9.55. The highest BCUT2D eigenvalue weighted by atomic mass is 16.7. The number of hydrogen-bond acceptors (Lipinski definition) is 4. The fourth-order valence-corrected chi connectivity index (χ4v) is 6.61. The van der Waals surface area contributed by atoms with Gasteiger partial charge < -0.3 is 14.2 Å². The monoisotopic (exact) mass is 474 g/mol. The van der Waals surface area contributed by atoms with Gasteiger partial charge in [-0.1, -0.05) is 56.7 Å². The van der Waals surface area contributed by atoms with Crippen LogP contribution in [0.25, 0.3) is 0 Å². The van der Waals surface area contributed by atoms with Gasteiger partial charge in [-0.3, -0.25) is 0 Å². The average Bonchev–Trinajstić information content (AvgIpc) is 3.20. The summed E-state index contributed by atoms with van der Waals surface area (Å²) < 4.78 is 18.0. The molecule has 4 nitrogen and oxygen atoms in total. The van der Waals surface area contributed by atoms with Gasteiger partial charge in [-0.25, -0.2) is 4.79 Å². The molecule has 0 aromatic heterocycles. The minimum atomic E-state index is -0.303. The third-order valence-electron chi connectivity index (χ3n) is 8.55. The van der Waals surface area contributed by atoms with Crippen molar-refractivity contribution < 1.29 is 19.0 Å². The number of carbonyl (C=O) groups excluding carboxylic acids is 1. The molecule has 5 rings (SSSR count). The van der Waals surface area contributed by atoms with Crippen molar-refractivity contribution in [3.63, 3.8) is 0 Å². The van der Waals surface area contributed by atoms with Crippen molar-refractivity contribution in [2.24, 2.45) is 17.3 Å². The molecule has 2 aromatic carbocycles. The van der Waals surface area contributed by atoms with Crippen molar-refractivity contribution in [2.75, 3.05) is 6.61 Å². The van der Waals surface area contributed by atoms with Gasteiger partial charge in [0.1, 0.15) is 5.75 Å². The van der Waals surface area contributed by atoms with Gasteiger partial charge in [-0.15, -0.1) is 0 Å². The molecule has 2 aromatic rings. The molecule has 4 heteroatoms. The number of allylic oxidation sites excluding steroid dienone is 1. The van der Waals surface area contributed by atoms with Gasteiger partial charge in [-0.2, -0.15) is 0 Å². The second kappa shape index (κ2) is 10.3. The lowest BCUT2D eigenvalue weighted by Gasteiger charge is -2.50. The number of ether oxygens (including phenoxy) is 3. The average molecular weight is 475 g/mol. The van der Waals surface area contributed by atoms with Crippen LogP contribution in [-0.2, 0) is 15.9 Å². The molecular weight excluding hydrogens is 436 g/mol. The third-order valence-corrected chi connectivity index (χ3v) is 8.55. The second-order valence-corrected chi connectivity index (χ2v) is 10.7. The Bertz CT molecular complexity index is 1060. The maximum Gasteiger partial charge on any atom is 0.343 e. The maximum absolute atomic E-state index is 12.5. The molecule has 35 heavy (non-hydrogen) atoms. The number of carbonyl (C=O) groups is 1. The van der Waals surface area contributed by atoms with E-state index in [2.05, 4.69) is 38.1 Å². The van der Waals surface area contributed by atoms with Gasteiger partial charge in [0.15, 0.2) is 6.29 Å². The zero-order valence-electron chi connectivity index (χ0n) is 21.2. The summed E-state index contributed by atoms with van der Waals surface area (Å²) in [5.74, 6) is 2.04. The maximum atomic E-state index is 12.5. The molecule has 186 valence electrons. The van der Waals surface area contributed by atoms with E-state index in [0.717, 1.165) is 38.7 Å². The first-order chi connectivity index (χ1) is 17.0. The largest absolute Gasteiger partial charge is 0.423 e. The highest BCUT2D eigenvalue weighted by Crippen LogP contribution is 2.59. The van der Waals surface area contributed by atoms with Crippen molar-refractivity contribution in [1.29, 1.82) is 0 Å². The molecule has 1 fully saturated rings. The normalized spacial score (nSPS) is 29.7. The molecule has 0 spiro atoms. The summed E-state index contributed by atoms with van der Waals surface area (Å²) in [6, 6.07) is 15.5. The molecule has 1 unspecified atom stereocenters. The zero-order chi connectivity index (χ0) is 24.4. The molecule has 0 heterocycles. The molecule has 3 aliphatic carbocycles. The van der Waals surface area contributed by atoms with Crippen LogP contribution in [0, 0.1) is 17.3 Å². The van der Waals surface area contributed by atoms with Gasteiger partial charge >= 0.3 is 5.97 Å². The topological polar surface area (TPSA) is 44.8 Å². The van der Waals surface area contributed by atoms with Crippen LogP contribution in [0.5, 0.6) is 5.75 Å². The quantitative estimate of drug-likeness (QED) is 0.135. The van der Waals surface area contributed by atoms with E-state index >= 15 is 0 Å². The Morgan fingerprint density at radius 3 is 2.74 bits per heavy atom. The molecule has 0 N–H and O–H groups in total. The molecule has 3 aliphatic rings. The second-order valence-electron chi connectivity index (χ2n) is 10.7. The van der Waals surface area contributed by atoms with Crippen molar-refractivity contribution in [3.8, 4) is 5.75 Å². The van der Waals surface area contributed by atoms with E-state index in [1.807, 2.05) is 31.2 Å². The van der Waals surface area contributed by atoms with E-state index in [1.54, 1.807) is 12.1 Å². The summed E-state index contributed by atoms with van der Waals surface area (Å²) in [6.07, 6.45) is 11.4. The van der Waals surface area contributed by atoms with Crippen molar-refractivity contribution in [1.82, 2.24) is 0 Å².